The monoisotopic (exact) mass is 386 g/mol. The predicted molar refractivity (Wildman–Crippen MR) is 104 cm³/mol. The summed E-state index contributed by atoms with van der Waals surface area (Å²) in [5.74, 6) is -0.541. The molecule has 132 valence electrons. The van der Waals surface area contributed by atoms with E-state index in [1.165, 1.54) is 0 Å². The molecule has 0 fully saturated rings. The van der Waals surface area contributed by atoms with Crippen molar-refractivity contribution in [1.29, 1.82) is 0 Å². The van der Waals surface area contributed by atoms with Crippen LogP contribution < -0.4 is 4.74 Å². The average Bonchev–Trinajstić information content (AvgIpc) is 2.65. The van der Waals surface area contributed by atoms with Crippen LogP contribution in [0.15, 0.2) is 72.8 Å². The molecular formula is C21H16Cl2O3. The Hall–Kier alpha value is -2.49. The van der Waals surface area contributed by atoms with E-state index in [1.807, 2.05) is 42.5 Å². The van der Waals surface area contributed by atoms with Gasteiger partial charge < -0.3 is 9.84 Å². The summed E-state index contributed by atoms with van der Waals surface area (Å²) in [6, 6.07) is 22.3. The van der Waals surface area contributed by atoms with Crippen molar-refractivity contribution in [3.63, 3.8) is 0 Å². The lowest BCUT2D eigenvalue weighted by Crippen LogP contribution is -2.29. The first-order chi connectivity index (χ1) is 12.5. The van der Waals surface area contributed by atoms with Gasteiger partial charge in [0.05, 0.1) is 10.0 Å². The molecule has 0 aliphatic rings. The zero-order chi connectivity index (χ0) is 18.5. The highest BCUT2D eigenvalue weighted by Gasteiger charge is 2.20. The summed E-state index contributed by atoms with van der Waals surface area (Å²) in [5.41, 5.74) is 2.87. The Morgan fingerprint density at radius 2 is 1.54 bits per heavy atom. The molecule has 0 aromatic heterocycles. The molecule has 3 nitrogen and oxygen atoms in total. The highest BCUT2D eigenvalue weighted by atomic mass is 35.5. The molecule has 0 radical (unpaired) electrons. The lowest BCUT2D eigenvalue weighted by Gasteiger charge is -2.16. The van der Waals surface area contributed by atoms with Crippen LogP contribution in [-0.4, -0.2) is 17.2 Å². The van der Waals surface area contributed by atoms with Gasteiger partial charge in [-0.1, -0.05) is 71.7 Å². The van der Waals surface area contributed by atoms with Crippen molar-refractivity contribution in [2.45, 2.75) is 12.5 Å². The second-order valence-electron chi connectivity index (χ2n) is 5.79. The lowest BCUT2D eigenvalue weighted by atomic mass is 10.1. The Morgan fingerprint density at radius 3 is 2.15 bits per heavy atom. The first kappa shape index (κ1) is 18.3. The van der Waals surface area contributed by atoms with Crippen LogP contribution in [-0.2, 0) is 11.2 Å². The second kappa shape index (κ2) is 8.26. The van der Waals surface area contributed by atoms with Gasteiger partial charge in [-0.3, -0.25) is 0 Å². The van der Waals surface area contributed by atoms with E-state index in [9.17, 15) is 9.90 Å². The van der Waals surface area contributed by atoms with E-state index in [0.29, 0.717) is 15.8 Å². The van der Waals surface area contributed by atoms with Crippen molar-refractivity contribution < 1.29 is 14.6 Å². The number of aliphatic carboxylic acids is 1. The maximum absolute atomic E-state index is 11.6. The van der Waals surface area contributed by atoms with E-state index in [1.54, 1.807) is 30.3 Å². The number of carboxylic acid groups (broad SMARTS) is 1. The van der Waals surface area contributed by atoms with Gasteiger partial charge in [-0.15, -0.1) is 0 Å². The Kier molecular flexibility index (Phi) is 5.82. The molecule has 0 saturated carbocycles. The highest BCUT2D eigenvalue weighted by Crippen LogP contribution is 2.25. The topological polar surface area (TPSA) is 46.5 Å². The minimum absolute atomic E-state index is 0.187. The van der Waals surface area contributed by atoms with E-state index in [-0.39, 0.29) is 6.42 Å². The molecule has 0 aliphatic heterocycles. The van der Waals surface area contributed by atoms with Crippen LogP contribution in [0.5, 0.6) is 5.75 Å². The molecule has 26 heavy (non-hydrogen) atoms. The number of carboxylic acids is 1. The first-order valence-corrected chi connectivity index (χ1v) is 8.77. The van der Waals surface area contributed by atoms with Crippen molar-refractivity contribution in [3.8, 4) is 16.9 Å². The van der Waals surface area contributed by atoms with E-state index < -0.39 is 12.1 Å². The fourth-order valence-electron chi connectivity index (χ4n) is 2.58. The minimum Gasteiger partial charge on any atom is -0.478 e. The summed E-state index contributed by atoms with van der Waals surface area (Å²) in [5, 5.41) is 10.3. The van der Waals surface area contributed by atoms with Crippen molar-refractivity contribution in [2.75, 3.05) is 0 Å². The summed E-state index contributed by atoms with van der Waals surface area (Å²) >= 11 is 11.9. The van der Waals surface area contributed by atoms with Crippen molar-refractivity contribution in [1.82, 2.24) is 0 Å². The molecule has 1 N–H and O–H groups in total. The van der Waals surface area contributed by atoms with Gasteiger partial charge in [-0.05, 0) is 41.0 Å². The molecule has 5 heteroatoms. The molecule has 3 aromatic rings. The minimum atomic E-state index is -1.04. The van der Waals surface area contributed by atoms with Crippen LogP contribution >= 0.6 is 23.2 Å². The van der Waals surface area contributed by atoms with Gasteiger partial charge in [0.15, 0.2) is 6.10 Å². The molecule has 0 bridgehead atoms. The third-order valence-corrected chi connectivity index (χ3v) is 4.66. The standard InChI is InChI=1S/C21H16Cl2O3/c22-18-11-6-14(12-19(18)23)13-20(21(24)25)26-17-9-7-16(8-10-17)15-4-2-1-3-5-15/h1-12,20H,13H2,(H,24,25). The molecular weight excluding hydrogens is 371 g/mol. The third kappa shape index (κ3) is 4.57. The number of benzene rings is 3. The average molecular weight is 387 g/mol. The summed E-state index contributed by atoms with van der Waals surface area (Å²) in [6.07, 6.45) is -0.832. The quantitative estimate of drug-likeness (QED) is 0.587. The van der Waals surface area contributed by atoms with E-state index in [4.69, 9.17) is 27.9 Å². The SMILES string of the molecule is O=C(O)C(Cc1ccc(Cl)c(Cl)c1)Oc1ccc(-c2ccccc2)cc1. The molecule has 0 amide bonds. The molecule has 3 aromatic carbocycles. The van der Waals surface area contributed by atoms with Gasteiger partial charge in [0, 0.05) is 6.42 Å². The zero-order valence-electron chi connectivity index (χ0n) is 13.7. The van der Waals surface area contributed by atoms with Gasteiger partial charge in [0.25, 0.3) is 0 Å². The maximum atomic E-state index is 11.6. The predicted octanol–water partition coefficient (Wildman–Crippen LogP) is 5.74. The van der Waals surface area contributed by atoms with Crippen LogP contribution in [0.4, 0.5) is 0 Å². The lowest BCUT2D eigenvalue weighted by molar-refractivity contribution is -0.145. The van der Waals surface area contributed by atoms with Gasteiger partial charge in [0.1, 0.15) is 5.75 Å². The Morgan fingerprint density at radius 1 is 0.885 bits per heavy atom. The Labute approximate surface area is 161 Å². The number of ether oxygens (including phenoxy) is 1. The fraction of sp³-hybridized carbons (Fsp3) is 0.0952. The van der Waals surface area contributed by atoms with Crippen LogP contribution in [0.1, 0.15) is 5.56 Å². The van der Waals surface area contributed by atoms with Crippen molar-refractivity contribution >= 4 is 29.2 Å². The number of rotatable bonds is 6. The van der Waals surface area contributed by atoms with E-state index in [2.05, 4.69) is 0 Å². The fourth-order valence-corrected chi connectivity index (χ4v) is 2.90. The van der Waals surface area contributed by atoms with E-state index >= 15 is 0 Å². The smallest absolute Gasteiger partial charge is 0.345 e. The maximum Gasteiger partial charge on any atom is 0.345 e. The van der Waals surface area contributed by atoms with Crippen LogP contribution in [0.25, 0.3) is 11.1 Å². The largest absolute Gasteiger partial charge is 0.478 e. The summed E-state index contributed by atoms with van der Waals surface area (Å²) < 4.78 is 5.67. The van der Waals surface area contributed by atoms with E-state index in [0.717, 1.165) is 16.7 Å². The van der Waals surface area contributed by atoms with Gasteiger partial charge >= 0.3 is 5.97 Å². The molecule has 1 unspecified atom stereocenters. The normalized spacial score (nSPS) is 11.8. The Bertz CT molecular complexity index is 893. The number of carbonyl (C=O) groups is 1. The molecule has 3 rings (SSSR count). The molecule has 1 atom stereocenters. The molecule has 0 aliphatic carbocycles. The van der Waals surface area contributed by atoms with Crippen LogP contribution in [0.2, 0.25) is 10.0 Å². The van der Waals surface area contributed by atoms with Gasteiger partial charge in [0.2, 0.25) is 0 Å². The first-order valence-electron chi connectivity index (χ1n) is 8.02. The summed E-state index contributed by atoms with van der Waals surface area (Å²) in [6.45, 7) is 0. The van der Waals surface area contributed by atoms with Crippen molar-refractivity contribution in [2.24, 2.45) is 0 Å². The third-order valence-electron chi connectivity index (χ3n) is 3.92. The zero-order valence-corrected chi connectivity index (χ0v) is 15.2. The van der Waals surface area contributed by atoms with Gasteiger partial charge in [-0.25, -0.2) is 4.79 Å². The molecule has 0 saturated heterocycles. The molecule has 0 heterocycles. The Balaban J connectivity index is 1.73. The van der Waals surface area contributed by atoms with Crippen molar-refractivity contribution in [3.05, 3.63) is 88.4 Å². The number of hydrogen-bond acceptors (Lipinski definition) is 2. The van der Waals surface area contributed by atoms with Gasteiger partial charge in [-0.2, -0.15) is 0 Å². The number of halogens is 2. The highest BCUT2D eigenvalue weighted by molar-refractivity contribution is 6.42. The number of hydrogen-bond donors (Lipinski definition) is 1. The van der Waals surface area contributed by atoms with Crippen LogP contribution in [0, 0.1) is 0 Å². The molecule has 0 spiro atoms. The second-order valence-corrected chi connectivity index (χ2v) is 6.60. The van der Waals surface area contributed by atoms with Crippen LogP contribution in [0.3, 0.4) is 0 Å². The summed E-state index contributed by atoms with van der Waals surface area (Å²) in [7, 11) is 0. The summed E-state index contributed by atoms with van der Waals surface area (Å²) in [4.78, 5) is 11.6.